The number of anilines is 1. The first-order valence-corrected chi connectivity index (χ1v) is 12.7. The van der Waals surface area contributed by atoms with Gasteiger partial charge in [-0.1, -0.05) is 42.1 Å². The third-order valence-corrected chi connectivity index (χ3v) is 7.33. The Hall–Kier alpha value is -4.11. The fraction of sp³-hybridized carbons (Fsp3) is 0.214. The molecule has 0 fully saturated rings. The average Bonchev–Trinajstić information content (AvgIpc) is 3.53. The number of carbonyl (C=O) groups is 2. The van der Waals surface area contributed by atoms with E-state index in [1.165, 1.54) is 11.8 Å². The van der Waals surface area contributed by atoms with Gasteiger partial charge in [0.2, 0.25) is 5.91 Å². The Labute approximate surface area is 219 Å². The van der Waals surface area contributed by atoms with Gasteiger partial charge in [-0.05, 0) is 59.7 Å². The van der Waals surface area contributed by atoms with E-state index in [1.807, 2.05) is 78.9 Å². The van der Waals surface area contributed by atoms with Crippen LogP contribution in [-0.4, -0.2) is 47.2 Å². The summed E-state index contributed by atoms with van der Waals surface area (Å²) in [7, 11) is 3.26. The lowest BCUT2D eigenvalue weighted by Gasteiger charge is -2.23. The van der Waals surface area contributed by atoms with Gasteiger partial charge in [-0.15, -0.1) is 0 Å². The number of para-hydroxylation sites is 1. The van der Waals surface area contributed by atoms with Crippen molar-refractivity contribution in [2.45, 2.75) is 24.1 Å². The first kappa shape index (κ1) is 24.6. The quantitative estimate of drug-likeness (QED) is 0.483. The predicted molar refractivity (Wildman–Crippen MR) is 145 cm³/mol. The average molecular weight is 515 g/mol. The van der Waals surface area contributed by atoms with Gasteiger partial charge in [-0.3, -0.25) is 9.59 Å². The first-order chi connectivity index (χ1) is 18.0. The molecule has 2 aliphatic heterocycles. The van der Waals surface area contributed by atoms with Crippen molar-refractivity contribution in [2.24, 2.45) is 10.1 Å². The lowest BCUT2D eigenvalue weighted by atomic mass is 9.98. The van der Waals surface area contributed by atoms with E-state index in [0.717, 1.165) is 28.3 Å². The third-order valence-electron chi connectivity index (χ3n) is 6.19. The van der Waals surface area contributed by atoms with Crippen molar-refractivity contribution in [1.82, 2.24) is 5.01 Å². The number of hydrogen-bond acceptors (Lipinski definition) is 7. The van der Waals surface area contributed by atoms with Crippen molar-refractivity contribution >= 4 is 40.1 Å². The number of aliphatic imine (C=N–C) groups is 1. The largest absolute Gasteiger partial charge is 0.497 e. The van der Waals surface area contributed by atoms with Gasteiger partial charge in [0, 0.05) is 18.5 Å². The smallest absolute Gasteiger partial charge is 0.262 e. The van der Waals surface area contributed by atoms with Crippen LogP contribution in [0.3, 0.4) is 0 Å². The molecule has 0 saturated heterocycles. The molecule has 2 heterocycles. The molecule has 5 rings (SSSR count). The molecule has 9 heteroatoms. The lowest BCUT2D eigenvalue weighted by Crippen LogP contribution is -2.25. The van der Waals surface area contributed by atoms with Gasteiger partial charge in [-0.25, -0.2) is 5.01 Å². The van der Waals surface area contributed by atoms with Crippen molar-refractivity contribution in [3.63, 3.8) is 0 Å². The van der Waals surface area contributed by atoms with Gasteiger partial charge in [-0.2, -0.15) is 10.1 Å². The summed E-state index contributed by atoms with van der Waals surface area (Å²) in [6.45, 7) is 0. The zero-order valence-electron chi connectivity index (χ0n) is 20.5. The maximum atomic E-state index is 12.8. The van der Waals surface area contributed by atoms with E-state index in [-0.39, 0.29) is 24.3 Å². The van der Waals surface area contributed by atoms with Gasteiger partial charge < -0.3 is 14.8 Å². The van der Waals surface area contributed by atoms with Gasteiger partial charge in [0.1, 0.15) is 16.7 Å². The molecule has 2 atom stereocenters. The van der Waals surface area contributed by atoms with Crippen molar-refractivity contribution in [2.75, 3.05) is 19.5 Å². The van der Waals surface area contributed by atoms with Crippen molar-refractivity contribution in [1.29, 1.82) is 0 Å². The zero-order valence-corrected chi connectivity index (χ0v) is 21.3. The molecule has 0 aromatic heterocycles. The minimum Gasteiger partial charge on any atom is -0.497 e. The minimum absolute atomic E-state index is 0.0293. The predicted octanol–water partition coefficient (Wildman–Crippen LogP) is 4.88. The van der Waals surface area contributed by atoms with Crippen LogP contribution in [0.2, 0.25) is 0 Å². The minimum atomic E-state index is -0.601. The second-order valence-electron chi connectivity index (χ2n) is 8.57. The summed E-state index contributed by atoms with van der Waals surface area (Å²) in [5.41, 5.74) is 3.56. The fourth-order valence-corrected chi connectivity index (χ4v) is 5.30. The molecule has 2 amide bonds. The molecule has 8 nitrogen and oxygen atoms in total. The molecule has 0 bridgehead atoms. The Morgan fingerprint density at radius 2 is 1.62 bits per heavy atom. The number of amidine groups is 1. The summed E-state index contributed by atoms with van der Waals surface area (Å²) in [6.07, 6.45) is 0.660. The summed E-state index contributed by atoms with van der Waals surface area (Å²) in [6, 6.07) is 24.6. The fourth-order valence-electron chi connectivity index (χ4n) is 4.24. The number of nitrogens with zero attached hydrogens (tertiary/aromatic N) is 3. The maximum absolute atomic E-state index is 12.8. The van der Waals surface area contributed by atoms with Crippen LogP contribution < -0.4 is 14.8 Å². The molecular formula is C28H26N4O4S. The highest BCUT2D eigenvalue weighted by Gasteiger charge is 2.39. The van der Waals surface area contributed by atoms with Crippen LogP contribution in [0.4, 0.5) is 5.69 Å². The molecule has 0 radical (unpaired) electrons. The molecule has 1 N–H and O–H groups in total. The number of ether oxygens (including phenoxy) is 2. The number of methoxy groups -OCH3 is 2. The molecular weight excluding hydrogens is 488 g/mol. The Bertz CT molecular complexity index is 1340. The highest BCUT2D eigenvalue weighted by atomic mass is 32.2. The Kier molecular flexibility index (Phi) is 7.23. The second-order valence-corrected chi connectivity index (χ2v) is 9.74. The van der Waals surface area contributed by atoms with Crippen molar-refractivity contribution in [3.8, 4) is 11.5 Å². The molecule has 2 aliphatic rings. The normalized spacial score (nSPS) is 18.9. The highest BCUT2D eigenvalue weighted by Crippen LogP contribution is 2.39. The summed E-state index contributed by atoms with van der Waals surface area (Å²) >= 11 is 1.28. The number of hydrazone groups is 1. The van der Waals surface area contributed by atoms with E-state index in [0.29, 0.717) is 17.3 Å². The number of hydrogen-bond donors (Lipinski definition) is 1. The topological polar surface area (TPSA) is 92.6 Å². The third kappa shape index (κ3) is 5.51. The van der Waals surface area contributed by atoms with Gasteiger partial charge in [0.05, 0.1) is 26.0 Å². The molecule has 0 aliphatic carbocycles. The summed E-state index contributed by atoms with van der Waals surface area (Å²) in [4.78, 5) is 29.7. The van der Waals surface area contributed by atoms with Crippen LogP contribution in [0.25, 0.3) is 0 Å². The molecule has 0 saturated carbocycles. The van der Waals surface area contributed by atoms with E-state index in [9.17, 15) is 9.59 Å². The second kappa shape index (κ2) is 10.9. The van der Waals surface area contributed by atoms with Crippen molar-refractivity contribution < 1.29 is 19.1 Å². The van der Waals surface area contributed by atoms with E-state index >= 15 is 0 Å². The molecule has 0 spiro atoms. The van der Waals surface area contributed by atoms with Crippen LogP contribution in [0.15, 0.2) is 89.0 Å². The zero-order chi connectivity index (χ0) is 25.8. The monoisotopic (exact) mass is 514 g/mol. The van der Waals surface area contributed by atoms with Crippen molar-refractivity contribution in [3.05, 3.63) is 90.0 Å². The molecule has 3 aromatic carbocycles. The van der Waals surface area contributed by atoms with Crippen LogP contribution in [0, 0.1) is 0 Å². The van der Waals surface area contributed by atoms with E-state index < -0.39 is 5.25 Å². The van der Waals surface area contributed by atoms with Crippen LogP contribution >= 0.6 is 11.8 Å². The summed E-state index contributed by atoms with van der Waals surface area (Å²) in [5, 5.41) is 9.42. The van der Waals surface area contributed by atoms with Gasteiger partial charge in [0.25, 0.3) is 5.91 Å². The van der Waals surface area contributed by atoms with Gasteiger partial charge >= 0.3 is 0 Å². The van der Waals surface area contributed by atoms with Crippen LogP contribution in [0.1, 0.15) is 30.0 Å². The number of benzene rings is 3. The Morgan fingerprint density at radius 1 is 0.973 bits per heavy atom. The number of thioether (sulfide) groups is 1. The lowest BCUT2D eigenvalue weighted by molar-refractivity contribution is -0.121. The molecule has 0 unspecified atom stereocenters. The number of rotatable bonds is 7. The first-order valence-electron chi connectivity index (χ1n) is 11.8. The summed E-state index contributed by atoms with van der Waals surface area (Å²) < 4.78 is 10.6. The Balaban J connectivity index is 1.36. The van der Waals surface area contributed by atoms with E-state index in [1.54, 1.807) is 19.2 Å². The summed E-state index contributed by atoms with van der Waals surface area (Å²) in [5.74, 6) is 0.967. The maximum Gasteiger partial charge on any atom is 0.262 e. The highest BCUT2D eigenvalue weighted by molar-refractivity contribution is 8.15. The number of amides is 2. The van der Waals surface area contributed by atoms with Crippen LogP contribution in [-0.2, 0) is 9.59 Å². The van der Waals surface area contributed by atoms with E-state index in [4.69, 9.17) is 14.6 Å². The van der Waals surface area contributed by atoms with Crippen LogP contribution in [0.5, 0.6) is 11.5 Å². The SMILES string of the molecule is COc1ccc(C2=NN(C3=NC(=O)[C@H](CC(=O)Nc4ccccc4)S3)[C@H](c3ccc(OC)cc3)C2)cc1. The molecule has 188 valence electrons. The number of nitrogens with one attached hydrogen (secondary N) is 1. The Morgan fingerprint density at radius 3 is 2.27 bits per heavy atom. The molecule has 3 aromatic rings. The van der Waals surface area contributed by atoms with E-state index in [2.05, 4.69) is 10.3 Å². The number of carbonyl (C=O) groups excluding carboxylic acids is 2. The standard InChI is InChI=1S/C28H26N4O4S/c1-35-21-12-8-18(9-13-21)23-16-24(19-10-14-22(36-2)15-11-19)32(31-23)28-30-27(34)25(37-28)17-26(33)29-20-6-4-3-5-7-20/h3-15,24-25H,16-17H2,1-2H3,(H,29,33)/t24-,25-/m0/s1. The molecule has 37 heavy (non-hydrogen) atoms. The van der Waals surface area contributed by atoms with Gasteiger partial charge in [0.15, 0.2) is 5.17 Å².